The van der Waals surface area contributed by atoms with Crippen molar-refractivity contribution in [1.29, 1.82) is 0 Å². The third-order valence-electron chi connectivity index (χ3n) is 6.14. The summed E-state index contributed by atoms with van der Waals surface area (Å²) in [5, 5.41) is 10.1. The van der Waals surface area contributed by atoms with Crippen LogP contribution in [0.25, 0.3) is 0 Å². The van der Waals surface area contributed by atoms with Crippen molar-refractivity contribution in [3.63, 3.8) is 0 Å². The molecule has 1 aliphatic rings. The van der Waals surface area contributed by atoms with Gasteiger partial charge < -0.3 is 14.0 Å². The van der Waals surface area contributed by atoms with Crippen LogP contribution in [-0.4, -0.2) is 46.5 Å². The molecule has 1 fully saturated rings. The van der Waals surface area contributed by atoms with Crippen molar-refractivity contribution in [1.82, 2.24) is 19.7 Å². The Morgan fingerprint density at radius 3 is 2.70 bits per heavy atom. The van der Waals surface area contributed by atoms with Crippen LogP contribution in [0.5, 0.6) is 5.75 Å². The predicted octanol–water partition coefficient (Wildman–Crippen LogP) is 5.01. The molecule has 0 N–H and O–H groups in total. The summed E-state index contributed by atoms with van der Waals surface area (Å²) in [6.07, 6.45) is 2.47. The van der Waals surface area contributed by atoms with Crippen LogP contribution >= 0.6 is 11.8 Å². The topological polar surface area (TPSA) is 52.4 Å². The fourth-order valence-electron chi connectivity index (χ4n) is 4.28. The fraction of sp³-hybridized carbons (Fsp3) is 0.462. The van der Waals surface area contributed by atoms with Crippen LogP contribution in [0.1, 0.15) is 40.9 Å². The van der Waals surface area contributed by atoms with Crippen molar-refractivity contribution in [3.8, 4) is 5.75 Å². The Morgan fingerprint density at radius 1 is 1.12 bits per heavy atom. The summed E-state index contributed by atoms with van der Waals surface area (Å²) >= 11 is 1.76. The molecule has 0 unspecified atom stereocenters. The van der Waals surface area contributed by atoms with Gasteiger partial charge in [-0.3, -0.25) is 4.90 Å². The van der Waals surface area contributed by atoms with Gasteiger partial charge in [-0.05, 0) is 62.1 Å². The average Bonchev–Trinajstić information content (AvgIpc) is 3.44. The van der Waals surface area contributed by atoms with Gasteiger partial charge in [-0.15, -0.1) is 10.2 Å². The number of hydrogen-bond donors (Lipinski definition) is 0. The van der Waals surface area contributed by atoms with E-state index in [1.54, 1.807) is 18.9 Å². The number of rotatable bonds is 10. The van der Waals surface area contributed by atoms with E-state index in [0.29, 0.717) is 0 Å². The van der Waals surface area contributed by atoms with Crippen LogP contribution in [0.2, 0.25) is 0 Å². The molecule has 33 heavy (non-hydrogen) atoms. The van der Waals surface area contributed by atoms with Crippen molar-refractivity contribution < 1.29 is 9.47 Å². The minimum atomic E-state index is 0.243. The molecule has 0 radical (unpaired) electrons. The summed E-state index contributed by atoms with van der Waals surface area (Å²) in [7, 11) is 3.84. The second kappa shape index (κ2) is 11.2. The highest BCUT2D eigenvalue weighted by Gasteiger charge is 2.22. The van der Waals surface area contributed by atoms with E-state index < -0.39 is 0 Å². The first kappa shape index (κ1) is 23.8. The van der Waals surface area contributed by atoms with Gasteiger partial charge in [-0.1, -0.05) is 48.2 Å². The van der Waals surface area contributed by atoms with Crippen LogP contribution < -0.4 is 4.74 Å². The molecule has 1 saturated heterocycles. The quantitative estimate of drug-likeness (QED) is 0.392. The lowest BCUT2D eigenvalue weighted by molar-refractivity contribution is 0.0934. The van der Waals surface area contributed by atoms with Crippen molar-refractivity contribution in [2.75, 3.05) is 20.8 Å². The lowest BCUT2D eigenvalue weighted by Gasteiger charge is -2.19. The molecular formula is C26H34N4O2S. The minimum Gasteiger partial charge on any atom is -0.496 e. The molecule has 0 amide bonds. The van der Waals surface area contributed by atoms with Crippen LogP contribution in [0.4, 0.5) is 0 Å². The van der Waals surface area contributed by atoms with Crippen LogP contribution in [0.3, 0.4) is 0 Å². The van der Waals surface area contributed by atoms with Crippen molar-refractivity contribution in [2.24, 2.45) is 0 Å². The maximum atomic E-state index is 5.94. The third kappa shape index (κ3) is 6.16. The van der Waals surface area contributed by atoms with Crippen LogP contribution in [0.15, 0.2) is 47.6 Å². The smallest absolute Gasteiger partial charge is 0.191 e. The van der Waals surface area contributed by atoms with Gasteiger partial charge in [-0.2, -0.15) is 0 Å². The van der Waals surface area contributed by atoms with E-state index in [1.807, 2.05) is 6.07 Å². The molecule has 3 aromatic rings. The summed E-state index contributed by atoms with van der Waals surface area (Å²) in [5.74, 6) is 2.80. The van der Waals surface area contributed by atoms with Gasteiger partial charge in [0, 0.05) is 18.9 Å². The Kier molecular flexibility index (Phi) is 8.06. The normalized spacial score (nSPS) is 16.0. The van der Waals surface area contributed by atoms with Crippen molar-refractivity contribution >= 4 is 11.8 Å². The number of hydrogen-bond acceptors (Lipinski definition) is 6. The minimum absolute atomic E-state index is 0.243. The summed E-state index contributed by atoms with van der Waals surface area (Å²) in [6, 6.07) is 14.9. The zero-order chi connectivity index (χ0) is 23.2. The molecule has 1 aliphatic heterocycles. The molecule has 7 heteroatoms. The number of ether oxygens (including phenoxy) is 2. The molecule has 2 aromatic carbocycles. The summed E-state index contributed by atoms with van der Waals surface area (Å²) in [6.45, 7) is 7.48. The van der Waals surface area contributed by atoms with Gasteiger partial charge >= 0.3 is 0 Å². The van der Waals surface area contributed by atoms with E-state index in [9.17, 15) is 0 Å². The average molecular weight is 467 g/mol. The summed E-state index contributed by atoms with van der Waals surface area (Å²) in [4.78, 5) is 2.28. The van der Waals surface area contributed by atoms with E-state index in [2.05, 4.69) is 77.0 Å². The standard InChI is InChI=1S/C26H34N4O2S/c1-19-8-5-6-9-22(19)18-33-26-28-27-25(30(26)16-23-10-7-13-32-23)17-29(3)15-21-11-12-24(31-4)20(2)14-21/h5-6,8-9,11-12,14,23H,7,10,13,15-18H2,1-4H3/t23-/m0/s1. The highest BCUT2D eigenvalue weighted by molar-refractivity contribution is 7.98. The largest absolute Gasteiger partial charge is 0.496 e. The zero-order valence-electron chi connectivity index (χ0n) is 20.1. The number of thioether (sulfide) groups is 1. The summed E-state index contributed by atoms with van der Waals surface area (Å²) in [5.41, 5.74) is 5.06. The molecule has 6 nitrogen and oxygen atoms in total. The second-order valence-electron chi connectivity index (χ2n) is 8.84. The highest BCUT2D eigenvalue weighted by Crippen LogP contribution is 2.26. The molecule has 0 spiro atoms. The predicted molar refractivity (Wildman–Crippen MR) is 133 cm³/mol. The first-order valence-corrected chi connectivity index (χ1v) is 12.5. The molecule has 0 saturated carbocycles. The van der Waals surface area contributed by atoms with E-state index in [0.717, 1.165) is 67.1 Å². The van der Waals surface area contributed by atoms with Gasteiger partial charge in [0.25, 0.3) is 0 Å². The molecule has 176 valence electrons. The van der Waals surface area contributed by atoms with Crippen LogP contribution in [-0.2, 0) is 30.1 Å². The van der Waals surface area contributed by atoms with Gasteiger partial charge in [0.15, 0.2) is 5.16 Å². The Labute approximate surface area is 201 Å². The SMILES string of the molecule is COc1ccc(CN(C)Cc2nnc(SCc3ccccc3C)n2C[C@@H]2CCCO2)cc1C. The molecule has 4 rings (SSSR count). The number of methoxy groups -OCH3 is 1. The maximum absolute atomic E-state index is 5.94. The number of benzene rings is 2. The Balaban J connectivity index is 1.47. The van der Waals surface area contributed by atoms with E-state index in [4.69, 9.17) is 9.47 Å². The lowest BCUT2D eigenvalue weighted by atomic mass is 10.1. The van der Waals surface area contributed by atoms with Crippen molar-refractivity contribution in [3.05, 3.63) is 70.5 Å². The molecule has 1 atom stereocenters. The van der Waals surface area contributed by atoms with E-state index in [1.165, 1.54) is 16.7 Å². The van der Waals surface area contributed by atoms with Gasteiger partial charge in [-0.25, -0.2) is 0 Å². The van der Waals surface area contributed by atoms with Gasteiger partial charge in [0.2, 0.25) is 0 Å². The third-order valence-corrected chi connectivity index (χ3v) is 7.16. The van der Waals surface area contributed by atoms with Gasteiger partial charge in [0.1, 0.15) is 11.6 Å². The van der Waals surface area contributed by atoms with Crippen LogP contribution in [0, 0.1) is 13.8 Å². The Morgan fingerprint density at radius 2 is 1.97 bits per heavy atom. The van der Waals surface area contributed by atoms with E-state index >= 15 is 0 Å². The number of nitrogens with zero attached hydrogens (tertiary/aromatic N) is 4. The molecule has 0 bridgehead atoms. The molecule has 0 aliphatic carbocycles. The van der Waals surface area contributed by atoms with Crippen molar-refractivity contribution in [2.45, 2.75) is 63.3 Å². The first-order chi connectivity index (χ1) is 16.0. The molecule has 2 heterocycles. The fourth-order valence-corrected chi connectivity index (χ4v) is 5.32. The number of aromatic nitrogens is 3. The zero-order valence-corrected chi connectivity index (χ0v) is 20.9. The Bertz CT molecular complexity index is 1060. The lowest BCUT2D eigenvalue weighted by Crippen LogP contribution is -2.23. The summed E-state index contributed by atoms with van der Waals surface area (Å²) < 4.78 is 13.6. The molecule has 1 aromatic heterocycles. The monoisotopic (exact) mass is 466 g/mol. The maximum Gasteiger partial charge on any atom is 0.191 e. The second-order valence-corrected chi connectivity index (χ2v) is 9.78. The highest BCUT2D eigenvalue weighted by atomic mass is 32.2. The number of aryl methyl sites for hydroxylation is 2. The Hall–Kier alpha value is -2.35. The van der Waals surface area contributed by atoms with E-state index in [-0.39, 0.29) is 6.10 Å². The first-order valence-electron chi connectivity index (χ1n) is 11.6. The molecular weight excluding hydrogens is 432 g/mol. The van der Waals surface area contributed by atoms with Gasteiger partial charge in [0.05, 0.1) is 26.3 Å².